The molecule has 180 valence electrons. The highest BCUT2D eigenvalue weighted by Gasteiger charge is 2.32. The molecule has 0 saturated carbocycles. The number of nitrogens with zero attached hydrogens (tertiary/aromatic N) is 4. The molecule has 1 saturated heterocycles. The lowest BCUT2D eigenvalue weighted by Gasteiger charge is -2.35. The highest BCUT2D eigenvalue weighted by molar-refractivity contribution is 5.94. The van der Waals surface area contributed by atoms with Crippen molar-refractivity contribution in [3.8, 4) is 0 Å². The number of nitrogens with one attached hydrogen (secondary N) is 2. The molecule has 2 N–H and O–H groups in total. The Kier molecular flexibility index (Phi) is 6.02. The van der Waals surface area contributed by atoms with E-state index in [0.29, 0.717) is 5.82 Å². The number of hydrogen-bond acceptors (Lipinski definition) is 5. The first-order valence-corrected chi connectivity index (χ1v) is 10.5. The summed E-state index contributed by atoms with van der Waals surface area (Å²) < 4.78 is 39.9. The Bertz CT molecular complexity index is 1370. The second-order valence-electron chi connectivity index (χ2n) is 7.95. The first-order valence-electron chi connectivity index (χ1n) is 10.5. The largest absolute Gasteiger partial charge is 0.416 e. The van der Waals surface area contributed by atoms with Gasteiger partial charge >= 0.3 is 11.9 Å². The minimum absolute atomic E-state index is 0.0520. The number of aromatic nitrogens is 4. The molecule has 2 aromatic heterocycles. The van der Waals surface area contributed by atoms with E-state index in [1.807, 2.05) is 0 Å². The smallest absolute Gasteiger partial charge is 0.339 e. The van der Waals surface area contributed by atoms with Gasteiger partial charge in [0.05, 0.1) is 5.56 Å². The van der Waals surface area contributed by atoms with E-state index in [1.54, 1.807) is 4.90 Å². The van der Waals surface area contributed by atoms with Gasteiger partial charge in [-0.1, -0.05) is 6.07 Å². The van der Waals surface area contributed by atoms with Gasteiger partial charge in [-0.05, 0) is 18.2 Å². The fourth-order valence-corrected chi connectivity index (χ4v) is 3.82. The Morgan fingerprint density at radius 3 is 2.41 bits per heavy atom. The van der Waals surface area contributed by atoms with Crippen LogP contribution in [0.3, 0.4) is 0 Å². The molecule has 13 heteroatoms. The molecule has 0 unspecified atom stereocenters. The molecule has 3 aromatic rings. The first-order chi connectivity index (χ1) is 16.0. The minimum atomic E-state index is -4.54. The average molecular weight is 478 g/mol. The molecule has 3 heterocycles. The summed E-state index contributed by atoms with van der Waals surface area (Å²) >= 11 is 0. The van der Waals surface area contributed by atoms with Gasteiger partial charge < -0.3 is 14.8 Å². The monoisotopic (exact) mass is 478 g/mol. The summed E-state index contributed by atoms with van der Waals surface area (Å²) in [5.41, 5.74) is -1.79. The van der Waals surface area contributed by atoms with Gasteiger partial charge in [-0.15, -0.1) is 0 Å². The van der Waals surface area contributed by atoms with Crippen molar-refractivity contribution in [3.63, 3.8) is 0 Å². The van der Waals surface area contributed by atoms with Crippen LogP contribution in [0, 0.1) is 0 Å². The number of carbonyl (C=O) groups is 2. The number of fused-ring (bicyclic) bond motifs is 1. The number of alkyl halides is 3. The van der Waals surface area contributed by atoms with Crippen LogP contribution < -0.4 is 11.2 Å². The van der Waals surface area contributed by atoms with Gasteiger partial charge in [0.25, 0.3) is 11.5 Å². The summed E-state index contributed by atoms with van der Waals surface area (Å²) in [7, 11) is 1.47. The van der Waals surface area contributed by atoms with Crippen molar-refractivity contribution in [1.29, 1.82) is 0 Å². The van der Waals surface area contributed by atoms with E-state index in [-0.39, 0.29) is 61.7 Å². The van der Waals surface area contributed by atoms with Crippen LogP contribution in [0.2, 0.25) is 0 Å². The first kappa shape index (κ1) is 23.3. The number of halogens is 3. The zero-order valence-electron chi connectivity index (χ0n) is 18.1. The molecular weight excluding hydrogens is 457 g/mol. The van der Waals surface area contributed by atoms with Crippen molar-refractivity contribution in [3.05, 3.63) is 62.1 Å². The fraction of sp³-hybridized carbons (Fsp3) is 0.381. The Labute approximate surface area is 190 Å². The molecular formula is C21H21F3N6O4. The van der Waals surface area contributed by atoms with Crippen LogP contribution in [0.1, 0.15) is 28.2 Å². The number of H-pyrrole nitrogens is 2. The van der Waals surface area contributed by atoms with Gasteiger partial charge in [0.2, 0.25) is 5.91 Å². The van der Waals surface area contributed by atoms with Crippen molar-refractivity contribution in [2.45, 2.75) is 19.0 Å². The number of imidazole rings is 1. The van der Waals surface area contributed by atoms with Crippen LogP contribution in [0.25, 0.3) is 11.2 Å². The van der Waals surface area contributed by atoms with Crippen molar-refractivity contribution < 1.29 is 22.8 Å². The van der Waals surface area contributed by atoms with Crippen LogP contribution in [-0.2, 0) is 24.4 Å². The van der Waals surface area contributed by atoms with Gasteiger partial charge in [0, 0.05) is 51.6 Å². The number of piperazine rings is 1. The highest BCUT2D eigenvalue weighted by Crippen LogP contribution is 2.29. The van der Waals surface area contributed by atoms with E-state index in [2.05, 4.69) is 15.0 Å². The lowest BCUT2D eigenvalue weighted by atomic mass is 10.1. The molecule has 2 amide bonds. The summed E-state index contributed by atoms with van der Waals surface area (Å²) in [6.45, 7) is 0.890. The average Bonchev–Trinajstić information content (AvgIpc) is 3.25. The number of carbonyl (C=O) groups excluding carboxylic acids is 2. The number of hydrogen-bond donors (Lipinski definition) is 2. The lowest BCUT2D eigenvalue weighted by Crippen LogP contribution is -2.50. The summed E-state index contributed by atoms with van der Waals surface area (Å²) in [4.78, 5) is 61.0. The lowest BCUT2D eigenvalue weighted by molar-refractivity contribution is -0.137. The van der Waals surface area contributed by atoms with E-state index in [1.165, 1.54) is 28.6 Å². The van der Waals surface area contributed by atoms with Crippen LogP contribution in [0.4, 0.5) is 13.2 Å². The standard InChI is InChI=1S/C21H21F3N6O4/c1-28-17-16(18(32)27-20(28)34)25-14(26-17)5-6-15(31)29-7-9-30(10-8-29)19(33)12-3-2-4-13(11-12)21(22,23)24/h2-4,11H,5-10H2,1H3,(H,25,26)(H,27,32,34). The quantitative estimate of drug-likeness (QED) is 0.576. The van der Waals surface area contributed by atoms with Crippen molar-refractivity contribution in [1.82, 2.24) is 29.3 Å². The maximum atomic E-state index is 12.9. The van der Waals surface area contributed by atoms with Crippen molar-refractivity contribution in [2.75, 3.05) is 26.2 Å². The molecule has 1 aliphatic rings. The topological polar surface area (TPSA) is 124 Å². The molecule has 0 spiro atoms. The number of amides is 2. The van der Waals surface area contributed by atoms with Crippen LogP contribution >= 0.6 is 0 Å². The molecule has 34 heavy (non-hydrogen) atoms. The van der Waals surface area contributed by atoms with E-state index in [4.69, 9.17) is 0 Å². The zero-order chi connectivity index (χ0) is 24.6. The Hall–Kier alpha value is -3.90. The molecule has 0 atom stereocenters. The summed E-state index contributed by atoms with van der Waals surface area (Å²) in [5.74, 6) is -0.320. The van der Waals surface area contributed by atoms with E-state index in [0.717, 1.165) is 12.1 Å². The highest BCUT2D eigenvalue weighted by atomic mass is 19.4. The third-order valence-corrected chi connectivity index (χ3v) is 5.74. The van der Waals surface area contributed by atoms with Gasteiger partial charge in [0.1, 0.15) is 11.3 Å². The third-order valence-electron chi connectivity index (χ3n) is 5.74. The normalized spacial score (nSPS) is 14.6. The van der Waals surface area contributed by atoms with Gasteiger partial charge in [0.15, 0.2) is 5.65 Å². The van der Waals surface area contributed by atoms with E-state index < -0.39 is 28.9 Å². The Morgan fingerprint density at radius 2 is 1.74 bits per heavy atom. The predicted molar refractivity (Wildman–Crippen MR) is 114 cm³/mol. The van der Waals surface area contributed by atoms with Gasteiger partial charge in [-0.2, -0.15) is 13.2 Å². The zero-order valence-corrected chi connectivity index (χ0v) is 18.1. The minimum Gasteiger partial charge on any atom is -0.339 e. The summed E-state index contributed by atoms with van der Waals surface area (Å²) in [6, 6.07) is 4.27. The van der Waals surface area contributed by atoms with E-state index >= 15 is 0 Å². The number of aromatic amines is 2. The maximum absolute atomic E-state index is 12.9. The second-order valence-corrected chi connectivity index (χ2v) is 7.95. The fourth-order valence-electron chi connectivity index (χ4n) is 3.82. The van der Waals surface area contributed by atoms with Crippen molar-refractivity contribution in [2.24, 2.45) is 7.05 Å². The molecule has 4 rings (SSSR count). The van der Waals surface area contributed by atoms with Gasteiger partial charge in [-0.3, -0.25) is 23.9 Å². The number of rotatable bonds is 4. The van der Waals surface area contributed by atoms with Crippen molar-refractivity contribution >= 4 is 23.0 Å². The molecule has 0 bridgehead atoms. The molecule has 10 nitrogen and oxygen atoms in total. The second kappa shape index (κ2) is 8.80. The molecule has 0 aliphatic carbocycles. The van der Waals surface area contributed by atoms with Crippen LogP contribution in [0.15, 0.2) is 33.9 Å². The Balaban J connectivity index is 1.34. The molecule has 1 fully saturated rings. The van der Waals surface area contributed by atoms with Gasteiger partial charge in [-0.25, -0.2) is 9.78 Å². The molecule has 0 radical (unpaired) electrons. The van der Waals surface area contributed by atoms with Crippen LogP contribution in [0.5, 0.6) is 0 Å². The third kappa shape index (κ3) is 4.58. The SMILES string of the molecule is Cn1c(=O)[nH]c(=O)c2[nH]c(CCC(=O)N3CCN(C(=O)c4cccc(C(F)(F)F)c4)CC3)nc21. The molecule has 1 aliphatic heterocycles. The van der Waals surface area contributed by atoms with Crippen LogP contribution in [-0.4, -0.2) is 67.3 Å². The summed E-state index contributed by atoms with van der Waals surface area (Å²) in [6.07, 6.45) is -4.23. The number of aryl methyl sites for hydroxylation is 2. The van der Waals surface area contributed by atoms with E-state index in [9.17, 15) is 32.3 Å². The summed E-state index contributed by atoms with van der Waals surface area (Å²) in [5, 5.41) is 0. The number of benzene rings is 1. The molecule has 1 aromatic carbocycles. The maximum Gasteiger partial charge on any atom is 0.416 e. The Morgan fingerprint density at radius 1 is 1.06 bits per heavy atom. The predicted octanol–water partition coefficient (Wildman–Crippen LogP) is 0.886.